The summed E-state index contributed by atoms with van der Waals surface area (Å²) in [5.74, 6) is 2.75. The third-order valence-electron chi connectivity index (χ3n) is 2.49. The van der Waals surface area contributed by atoms with Crippen LogP contribution in [0.25, 0.3) is 0 Å². The minimum absolute atomic E-state index is 0.694. The summed E-state index contributed by atoms with van der Waals surface area (Å²) in [6.45, 7) is 5.98. The third-order valence-corrected chi connectivity index (χ3v) is 2.99. The van der Waals surface area contributed by atoms with E-state index >= 15 is 0 Å². The van der Waals surface area contributed by atoms with Crippen molar-refractivity contribution in [1.29, 1.82) is 0 Å². The average Bonchev–Trinajstić information content (AvgIpc) is 2.65. The van der Waals surface area contributed by atoms with Crippen molar-refractivity contribution in [2.75, 3.05) is 13.7 Å². The van der Waals surface area contributed by atoms with Crippen LogP contribution < -0.4 is 0 Å². The predicted molar refractivity (Wildman–Crippen MR) is 67.7 cm³/mol. The van der Waals surface area contributed by atoms with Gasteiger partial charge in [-0.25, -0.2) is 0 Å². The fourth-order valence-electron chi connectivity index (χ4n) is 1.51. The van der Waals surface area contributed by atoms with Crippen molar-refractivity contribution in [1.82, 2.24) is 14.8 Å². The molecule has 0 aliphatic carbocycles. The van der Waals surface area contributed by atoms with Crippen molar-refractivity contribution in [3.8, 4) is 0 Å². The maximum Gasteiger partial charge on any atom is 0.143 e. The number of aromatic nitrogens is 3. The molecule has 0 aliphatic rings. The SMILES string of the molecule is COCCn1c(CBr)nnc1CCC(C)C. The highest BCUT2D eigenvalue weighted by atomic mass is 79.9. The standard InChI is InChI=1S/C11H20BrN3O/c1-9(2)4-5-10-13-14-11(8-12)15(10)6-7-16-3/h9H,4-8H2,1-3H3. The molecule has 0 radical (unpaired) electrons. The second-order valence-corrected chi connectivity index (χ2v) is 4.80. The van der Waals surface area contributed by atoms with Crippen LogP contribution in [0.4, 0.5) is 0 Å². The van der Waals surface area contributed by atoms with Gasteiger partial charge in [0.15, 0.2) is 0 Å². The number of hydrogen-bond donors (Lipinski definition) is 0. The average molecular weight is 290 g/mol. The molecule has 0 fully saturated rings. The molecule has 1 aromatic heterocycles. The topological polar surface area (TPSA) is 39.9 Å². The summed E-state index contributed by atoms with van der Waals surface area (Å²) in [4.78, 5) is 0. The van der Waals surface area contributed by atoms with E-state index in [2.05, 4.69) is 44.5 Å². The van der Waals surface area contributed by atoms with Gasteiger partial charge in [-0.15, -0.1) is 10.2 Å². The summed E-state index contributed by atoms with van der Waals surface area (Å²) in [5, 5.41) is 9.16. The molecule has 5 heteroatoms. The lowest BCUT2D eigenvalue weighted by Gasteiger charge is -2.09. The Labute approximate surface area is 106 Å². The van der Waals surface area contributed by atoms with Gasteiger partial charge >= 0.3 is 0 Å². The normalized spacial score (nSPS) is 11.3. The van der Waals surface area contributed by atoms with Crippen LogP contribution in [0.1, 0.15) is 31.9 Å². The van der Waals surface area contributed by atoms with Gasteiger partial charge in [-0.2, -0.15) is 0 Å². The lowest BCUT2D eigenvalue weighted by molar-refractivity contribution is 0.185. The lowest BCUT2D eigenvalue weighted by atomic mass is 10.1. The summed E-state index contributed by atoms with van der Waals surface area (Å²) in [5.41, 5.74) is 0. The molecular formula is C11H20BrN3O. The van der Waals surface area contributed by atoms with Crippen LogP contribution in [0.3, 0.4) is 0 Å². The van der Waals surface area contributed by atoms with Crippen molar-refractivity contribution in [2.24, 2.45) is 5.92 Å². The Bertz CT molecular complexity index is 312. The zero-order valence-corrected chi connectivity index (χ0v) is 11.8. The van der Waals surface area contributed by atoms with Crippen molar-refractivity contribution in [2.45, 2.75) is 38.6 Å². The van der Waals surface area contributed by atoms with Crippen LogP contribution in [0.15, 0.2) is 0 Å². The zero-order valence-electron chi connectivity index (χ0n) is 10.2. The molecule has 0 unspecified atom stereocenters. The van der Waals surface area contributed by atoms with Crippen LogP contribution in [0.5, 0.6) is 0 Å². The number of hydrogen-bond acceptors (Lipinski definition) is 3. The number of ether oxygens (including phenoxy) is 1. The van der Waals surface area contributed by atoms with E-state index in [-0.39, 0.29) is 0 Å². The minimum atomic E-state index is 0.694. The molecule has 0 saturated carbocycles. The van der Waals surface area contributed by atoms with E-state index in [9.17, 15) is 0 Å². The quantitative estimate of drug-likeness (QED) is 0.724. The minimum Gasteiger partial charge on any atom is -0.383 e. The molecule has 1 heterocycles. The first-order valence-electron chi connectivity index (χ1n) is 5.64. The molecule has 0 N–H and O–H groups in total. The van der Waals surface area contributed by atoms with Crippen LogP contribution in [-0.2, 0) is 23.0 Å². The van der Waals surface area contributed by atoms with Gasteiger partial charge in [0, 0.05) is 20.1 Å². The van der Waals surface area contributed by atoms with Crippen LogP contribution in [0, 0.1) is 5.92 Å². The smallest absolute Gasteiger partial charge is 0.143 e. The maximum atomic E-state index is 5.10. The van der Waals surface area contributed by atoms with Gasteiger partial charge < -0.3 is 9.30 Å². The molecule has 0 saturated heterocycles. The van der Waals surface area contributed by atoms with E-state index in [1.54, 1.807) is 7.11 Å². The Morgan fingerprint density at radius 3 is 2.56 bits per heavy atom. The second kappa shape index (κ2) is 7.01. The number of halogens is 1. The first kappa shape index (κ1) is 13.6. The molecule has 0 atom stereocenters. The summed E-state index contributed by atoms with van der Waals surface area (Å²) in [7, 11) is 1.71. The van der Waals surface area contributed by atoms with Gasteiger partial charge in [0.2, 0.25) is 0 Å². The molecule has 0 spiro atoms. The molecule has 92 valence electrons. The number of nitrogens with zero attached hydrogens (tertiary/aromatic N) is 3. The van der Waals surface area contributed by atoms with Crippen LogP contribution in [-0.4, -0.2) is 28.5 Å². The fraction of sp³-hybridized carbons (Fsp3) is 0.818. The molecule has 4 nitrogen and oxygen atoms in total. The predicted octanol–water partition coefficient (Wildman–Crippen LogP) is 2.41. The summed E-state index contributed by atoms with van der Waals surface area (Å²) < 4.78 is 7.26. The number of methoxy groups -OCH3 is 1. The van der Waals surface area contributed by atoms with Crippen LogP contribution in [0.2, 0.25) is 0 Å². The number of alkyl halides is 1. The van der Waals surface area contributed by atoms with Gasteiger partial charge in [0.25, 0.3) is 0 Å². The van der Waals surface area contributed by atoms with E-state index in [1.165, 1.54) is 0 Å². The highest BCUT2D eigenvalue weighted by Crippen LogP contribution is 2.11. The summed E-state index contributed by atoms with van der Waals surface area (Å²) >= 11 is 3.43. The van der Waals surface area contributed by atoms with Gasteiger partial charge in [0.1, 0.15) is 11.6 Å². The molecule has 1 aromatic rings. The molecule has 0 aromatic carbocycles. The largest absolute Gasteiger partial charge is 0.383 e. The molecular weight excluding hydrogens is 270 g/mol. The number of aryl methyl sites for hydroxylation is 1. The van der Waals surface area contributed by atoms with E-state index in [0.717, 1.165) is 36.4 Å². The summed E-state index contributed by atoms with van der Waals surface area (Å²) in [6, 6.07) is 0. The van der Waals surface area contributed by atoms with Gasteiger partial charge in [0.05, 0.1) is 11.9 Å². The third kappa shape index (κ3) is 3.87. The molecule has 0 aliphatic heterocycles. The van der Waals surface area contributed by atoms with E-state index < -0.39 is 0 Å². The van der Waals surface area contributed by atoms with Gasteiger partial charge in [-0.1, -0.05) is 29.8 Å². The highest BCUT2D eigenvalue weighted by Gasteiger charge is 2.11. The Morgan fingerprint density at radius 1 is 1.31 bits per heavy atom. The van der Waals surface area contributed by atoms with Crippen molar-refractivity contribution in [3.05, 3.63) is 11.6 Å². The zero-order chi connectivity index (χ0) is 12.0. The van der Waals surface area contributed by atoms with Crippen molar-refractivity contribution >= 4 is 15.9 Å². The Kier molecular flexibility index (Phi) is 5.98. The summed E-state index contributed by atoms with van der Waals surface area (Å²) in [6.07, 6.45) is 2.13. The Morgan fingerprint density at radius 2 is 2.00 bits per heavy atom. The van der Waals surface area contributed by atoms with Crippen LogP contribution >= 0.6 is 15.9 Å². The molecule has 0 amide bonds. The van der Waals surface area contributed by atoms with Crippen molar-refractivity contribution < 1.29 is 4.74 Å². The fourth-order valence-corrected chi connectivity index (χ4v) is 1.93. The Balaban J connectivity index is 2.70. The molecule has 16 heavy (non-hydrogen) atoms. The maximum absolute atomic E-state index is 5.10. The second-order valence-electron chi connectivity index (χ2n) is 4.24. The van der Waals surface area contributed by atoms with E-state index in [1.807, 2.05) is 0 Å². The van der Waals surface area contributed by atoms with Gasteiger partial charge in [-0.3, -0.25) is 0 Å². The molecule has 1 rings (SSSR count). The first-order valence-corrected chi connectivity index (χ1v) is 6.77. The van der Waals surface area contributed by atoms with Gasteiger partial charge in [-0.05, 0) is 12.3 Å². The van der Waals surface area contributed by atoms with E-state index in [0.29, 0.717) is 12.5 Å². The van der Waals surface area contributed by atoms with Crippen molar-refractivity contribution in [3.63, 3.8) is 0 Å². The number of rotatable bonds is 7. The highest BCUT2D eigenvalue weighted by molar-refractivity contribution is 9.08. The first-order chi connectivity index (χ1) is 7.69. The lowest BCUT2D eigenvalue weighted by Crippen LogP contribution is -2.11. The van der Waals surface area contributed by atoms with E-state index in [4.69, 9.17) is 4.74 Å². The Hall–Kier alpha value is -0.420. The molecule has 0 bridgehead atoms. The monoisotopic (exact) mass is 289 g/mol.